The third-order valence-electron chi connectivity index (χ3n) is 5.87. The Hall–Kier alpha value is -3.65. The van der Waals surface area contributed by atoms with E-state index in [1.165, 1.54) is 54.9 Å². The number of pyridine rings is 1. The van der Waals surface area contributed by atoms with Gasteiger partial charge in [0.15, 0.2) is 6.20 Å². The van der Waals surface area contributed by atoms with Gasteiger partial charge in [0.05, 0.1) is 22.5 Å². The Morgan fingerprint density at radius 2 is 1.95 bits per heavy atom. The molecule has 5 rings (SSSR count). The molecule has 1 saturated carbocycles. The first-order valence-electron chi connectivity index (χ1n) is 11.8. The van der Waals surface area contributed by atoms with Crippen LogP contribution < -0.4 is 0 Å². The molecule has 1 fully saturated rings. The number of aliphatic hydroxyl groups is 1. The average Bonchev–Trinajstić information content (AvgIpc) is 3.40. The van der Waals surface area contributed by atoms with Crippen molar-refractivity contribution in [2.45, 2.75) is 45.3 Å². The van der Waals surface area contributed by atoms with Crippen molar-refractivity contribution in [3.8, 4) is 5.69 Å². The molecule has 4 aromatic rings. The van der Waals surface area contributed by atoms with Crippen LogP contribution in [0.5, 0.6) is 0 Å². The number of aromatic nitrogens is 5. The lowest BCUT2D eigenvalue weighted by atomic mass is 10.1. The van der Waals surface area contributed by atoms with Crippen molar-refractivity contribution >= 4 is 21.7 Å². The van der Waals surface area contributed by atoms with Crippen molar-refractivity contribution in [1.29, 1.82) is 0 Å². The molecule has 0 unspecified atom stereocenters. The molecule has 3 aromatic heterocycles. The van der Waals surface area contributed by atoms with Crippen LogP contribution >= 0.6 is 15.9 Å². The van der Waals surface area contributed by atoms with E-state index < -0.39 is 34.9 Å². The van der Waals surface area contributed by atoms with Gasteiger partial charge in [0.25, 0.3) is 6.43 Å². The maximum absolute atomic E-state index is 13.6. The average molecular weight is 611 g/mol. The third-order valence-corrected chi connectivity index (χ3v) is 6.30. The molecule has 0 aliphatic heterocycles. The quantitative estimate of drug-likeness (QED) is 0.147. The highest BCUT2D eigenvalue weighted by molar-refractivity contribution is 9.10. The summed E-state index contributed by atoms with van der Waals surface area (Å²) in [7, 11) is 0. The molecule has 1 aliphatic carbocycles. The lowest BCUT2D eigenvalue weighted by molar-refractivity contribution is -0.392. The minimum absolute atomic E-state index is 0.287. The fraction of sp³-hybridized carbons (Fsp3) is 0.320. The molecule has 0 saturated heterocycles. The molecule has 206 valence electrons. The van der Waals surface area contributed by atoms with Gasteiger partial charge in [0.1, 0.15) is 11.5 Å². The van der Waals surface area contributed by atoms with E-state index in [2.05, 4.69) is 31.1 Å². The molecule has 0 spiro atoms. The van der Waals surface area contributed by atoms with Crippen molar-refractivity contribution in [3.05, 3.63) is 97.7 Å². The Morgan fingerprint density at radius 1 is 1.21 bits per heavy atom. The molecule has 1 aliphatic rings. The highest BCUT2D eigenvalue weighted by atomic mass is 79.9. The van der Waals surface area contributed by atoms with Gasteiger partial charge in [-0.1, -0.05) is 0 Å². The van der Waals surface area contributed by atoms with Crippen LogP contribution in [-0.4, -0.2) is 34.6 Å². The van der Waals surface area contributed by atoms with Crippen molar-refractivity contribution in [2.24, 2.45) is 5.92 Å². The lowest BCUT2D eigenvalue weighted by Crippen LogP contribution is -2.08. The predicted octanol–water partition coefficient (Wildman–Crippen LogP) is 6.09. The van der Waals surface area contributed by atoms with Gasteiger partial charge in [-0.3, -0.25) is 4.68 Å². The number of nitrogens with zero attached hydrogens (tertiary/aromatic N) is 6. The van der Waals surface area contributed by atoms with Gasteiger partial charge < -0.3 is 15.2 Å². The summed E-state index contributed by atoms with van der Waals surface area (Å²) in [5.74, 6) is -1.53. The molecule has 39 heavy (non-hydrogen) atoms. The van der Waals surface area contributed by atoms with Crippen LogP contribution in [0.25, 0.3) is 5.69 Å². The molecular formula is C25H23BrF4N6O3. The van der Waals surface area contributed by atoms with Gasteiger partial charge in [-0.2, -0.15) is 14.6 Å². The minimum Gasteiger partial charge on any atom is -0.389 e. The van der Waals surface area contributed by atoms with E-state index in [-0.39, 0.29) is 11.3 Å². The maximum Gasteiger partial charge on any atom is 0.399 e. The lowest BCUT2D eigenvalue weighted by Gasteiger charge is -2.14. The predicted molar refractivity (Wildman–Crippen MR) is 135 cm³/mol. The number of halogens is 5. The monoisotopic (exact) mass is 610 g/mol. The Balaban J connectivity index is 0.000000270. The molecule has 0 radical (unpaired) electrons. The second-order valence-corrected chi connectivity index (χ2v) is 9.97. The summed E-state index contributed by atoms with van der Waals surface area (Å²) in [4.78, 5) is 12.4. The van der Waals surface area contributed by atoms with Crippen LogP contribution in [0, 0.1) is 27.7 Å². The summed E-state index contributed by atoms with van der Waals surface area (Å²) in [5, 5.41) is 28.4. The molecule has 14 heteroatoms. The zero-order chi connectivity index (χ0) is 28.3. The Kier molecular flexibility index (Phi) is 8.75. The zero-order valence-electron chi connectivity index (χ0n) is 20.5. The van der Waals surface area contributed by atoms with Crippen LogP contribution in [0.2, 0.25) is 0 Å². The largest absolute Gasteiger partial charge is 0.399 e. The van der Waals surface area contributed by atoms with E-state index in [9.17, 15) is 32.8 Å². The summed E-state index contributed by atoms with van der Waals surface area (Å²) >= 11 is 2.92. The number of rotatable bonds is 8. The van der Waals surface area contributed by atoms with Crippen LogP contribution in [0.1, 0.15) is 54.8 Å². The summed E-state index contributed by atoms with van der Waals surface area (Å²) in [6.07, 6.45) is 3.88. The molecule has 1 aromatic carbocycles. The molecular weight excluding hydrogens is 588 g/mol. The van der Waals surface area contributed by atoms with E-state index in [0.29, 0.717) is 28.2 Å². The molecule has 9 nitrogen and oxygen atoms in total. The first-order valence-corrected chi connectivity index (χ1v) is 12.6. The number of alkyl halides is 2. The number of nitro groups is 1. The fourth-order valence-corrected chi connectivity index (χ4v) is 4.15. The van der Waals surface area contributed by atoms with E-state index >= 15 is 0 Å². The number of hydrogen-bond acceptors (Lipinski definition) is 6. The second kappa shape index (κ2) is 12.0. The van der Waals surface area contributed by atoms with Gasteiger partial charge in [0, 0.05) is 36.5 Å². The summed E-state index contributed by atoms with van der Waals surface area (Å²) in [6, 6.07) is 6.20. The topological polar surface area (TPSA) is 112 Å². The van der Waals surface area contributed by atoms with E-state index in [0.717, 1.165) is 18.2 Å². The van der Waals surface area contributed by atoms with Crippen LogP contribution in [-0.2, 0) is 13.0 Å². The van der Waals surface area contributed by atoms with E-state index in [1.807, 2.05) is 10.9 Å². The van der Waals surface area contributed by atoms with Crippen LogP contribution in [0.15, 0.2) is 53.4 Å². The number of hydrogen-bond donors (Lipinski definition) is 1. The molecule has 0 amide bonds. The summed E-state index contributed by atoms with van der Waals surface area (Å²) in [6.45, 7) is 2.36. The second-order valence-electron chi connectivity index (χ2n) is 9.06. The molecule has 3 heterocycles. The van der Waals surface area contributed by atoms with Gasteiger partial charge in [-0.05, 0) is 81.3 Å². The normalized spacial score (nSPS) is 13.7. The first-order chi connectivity index (χ1) is 18.5. The highest BCUT2D eigenvalue weighted by Crippen LogP contribution is 2.31. The summed E-state index contributed by atoms with van der Waals surface area (Å²) in [5.41, 5.74) is 1.71. The maximum atomic E-state index is 13.6. The highest BCUT2D eigenvalue weighted by Gasteiger charge is 2.23. The Bertz CT molecular complexity index is 1470. The molecule has 0 bridgehead atoms. The molecule has 1 N–H and O–H groups in total. The minimum atomic E-state index is -2.73. The van der Waals surface area contributed by atoms with E-state index in [1.54, 1.807) is 6.20 Å². The molecule has 1 atom stereocenters. The Morgan fingerprint density at radius 3 is 2.56 bits per heavy atom. The standard InChI is InChI=1S/C20H21F3N4O.C5H2BrFN2O2/c1-12(28)17-7-15(21)4-5-19(17)27-16(8-18(25-27)20(22)23)6-14-9-24-26(11-14)10-13-2-3-13;6-3-1-4(7)5(8-2-3)9(10)11/h4-5,7-9,11-13,20,28H,2-3,6,10H2,1H3;1-2H/t12-;/m1./s1. The van der Waals surface area contributed by atoms with E-state index in [4.69, 9.17) is 0 Å². The SMILES string of the molecule is C[C@@H](O)c1cc(F)ccc1-n1nc(C(F)F)cc1Cc1cnn(CC2CC2)c1.O=[N+]([O-])c1ncc(Br)cc1F. The van der Waals surface area contributed by atoms with Crippen LogP contribution in [0.3, 0.4) is 0 Å². The number of aliphatic hydroxyl groups excluding tert-OH is 1. The Labute approximate surface area is 228 Å². The number of benzene rings is 1. The fourth-order valence-electron chi connectivity index (χ4n) is 3.85. The zero-order valence-corrected chi connectivity index (χ0v) is 22.1. The van der Waals surface area contributed by atoms with Crippen molar-refractivity contribution in [3.63, 3.8) is 0 Å². The third kappa shape index (κ3) is 7.26. The van der Waals surface area contributed by atoms with Crippen molar-refractivity contribution in [1.82, 2.24) is 24.5 Å². The first kappa shape index (κ1) is 28.4. The van der Waals surface area contributed by atoms with Crippen molar-refractivity contribution < 1.29 is 27.6 Å². The van der Waals surface area contributed by atoms with Crippen LogP contribution in [0.4, 0.5) is 23.4 Å². The van der Waals surface area contributed by atoms with Gasteiger partial charge >= 0.3 is 5.82 Å². The van der Waals surface area contributed by atoms with Crippen molar-refractivity contribution in [2.75, 3.05) is 0 Å². The smallest absolute Gasteiger partial charge is 0.389 e. The summed E-state index contributed by atoms with van der Waals surface area (Å²) < 4.78 is 56.4. The van der Waals surface area contributed by atoms with Gasteiger partial charge in [-0.15, -0.1) is 0 Å². The van der Waals surface area contributed by atoms with Gasteiger partial charge in [0.2, 0.25) is 5.82 Å². The van der Waals surface area contributed by atoms with Gasteiger partial charge in [-0.25, -0.2) is 17.9 Å².